The largest absolute Gasteiger partial charge is 0.497 e. The Morgan fingerprint density at radius 2 is 1.76 bits per heavy atom. The van der Waals surface area contributed by atoms with Gasteiger partial charge in [-0.25, -0.2) is 9.78 Å². The first-order chi connectivity index (χ1) is 21.7. The van der Waals surface area contributed by atoms with Crippen LogP contribution < -0.4 is 30.8 Å². The van der Waals surface area contributed by atoms with E-state index in [1.54, 1.807) is 43.5 Å². The smallest absolute Gasteiger partial charge is 0.332 e. The van der Waals surface area contributed by atoms with Gasteiger partial charge in [-0.1, -0.05) is 37.5 Å². The zero-order chi connectivity index (χ0) is 31.7. The molecule has 45 heavy (non-hydrogen) atoms. The molecule has 6 rings (SSSR count). The van der Waals surface area contributed by atoms with Crippen molar-refractivity contribution in [1.29, 1.82) is 0 Å². The fourth-order valence-corrected chi connectivity index (χ4v) is 6.10. The Morgan fingerprint density at radius 1 is 1.02 bits per heavy atom. The van der Waals surface area contributed by atoms with E-state index in [0.29, 0.717) is 22.8 Å². The fraction of sp³-hybridized carbons (Fsp3) is 0.406. The van der Waals surface area contributed by atoms with Crippen molar-refractivity contribution in [3.8, 4) is 17.2 Å². The molecule has 0 unspecified atom stereocenters. The summed E-state index contributed by atoms with van der Waals surface area (Å²) in [6, 6.07) is 11.5. The highest BCUT2D eigenvalue weighted by atomic mass is 16.7. The highest BCUT2D eigenvalue weighted by Gasteiger charge is 2.34. The minimum Gasteiger partial charge on any atom is -0.497 e. The van der Waals surface area contributed by atoms with Gasteiger partial charge in [-0.2, -0.15) is 0 Å². The number of hydrogen-bond donors (Lipinski definition) is 1. The Labute approximate surface area is 258 Å². The average molecular weight is 617 g/mol. The average Bonchev–Trinajstić information content (AvgIpc) is 3.70. The molecule has 1 fully saturated rings. The van der Waals surface area contributed by atoms with E-state index in [2.05, 4.69) is 10.3 Å². The molecule has 13 nitrogen and oxygen atoms in total. The Balaban J connectivity index is 1.42. The molecule has 236 valence electrons. The van der Waals surface area contributed by atoms with Crippen LogP contribution in [0.1, 0.15) is 49.3 Å². The maximum absolute atomic E-state index is 14.4. The number of carbonyl (C=O) groups excluding carboxylic acids is 2. The highest BCUT2D eigenvalue weighted by molar-refractivity contribution is 5.89. The van der Waals surface area contributed by atoms with Crippen molar-refractivity contribution in [3.05, 3.63) is 80.8 Å². The third-order valence-electron chi connectivity index (χ3n) is 8.58. The van der Waals surface area contributed by atoms with Gasteiger partial charge in [0, 0.05) is 26.7 Å². The quantitative estimate of drug-likeness (QED) is 0.303. The van der Waals surface area contributed by atoms with Gasteiger partial charge in [-0.15, -0.1) is 0 Å². The zero-order valence-electron chi connectivity index (χ0n) is 25.5. The molecule has 1 aliphatic heterocycles. The number of rotatable bonds is 9. The van der Waals surface area contributed by atoms with Gasteiger partial charge in [0.1, 0.15) is 18.3 Å². The topological polar surface area (TPSA) is 139 Å². The number of carbonyl (C=O) groups is 2. The van der Waals surface area contributed by atoms with Crippen LogP contribution in [0, 0.1) is 0 Å². The van der Waals surface area contributed by atoms with Gasteiger partial charge in [0.05, 0.1) is 13.4 Å². The first-order valence-corrected chi connectivity index (χ1v) is 15.0. The minimum absolute atomic E-state index is 0.0106. The van der Waals surface area contributed by atoms with Crippen molar-refractivity contribution in [3.63, 3.8) is 0 Å². The number of ether oxygens (including phenoxy) is 3. The molecule has 2 aromatic heterocycles. The Morgan fingerprint density at radius 3 is 2.49 bits per heavy atom. The molecule has 1 atom stereocenters. The molecule has 4 aromatic rings. The van der Waals surface area contributed by atoms with Crippen molar-refractivity contribution in [2.24, 2.45) is 14.1 Å². The van der Waals surface area contributed by atoms with Gasteiger partial charge in [0.15, 0.2) is 22.7 Å². The van der Waals surface area contributed by atoms with Gasteiger partial charge in [0.25, 0.3) is 5.56 Å². The third kappa shape index (κ3) is 5.89. The maximum Gasteiger partial charge on any atom is 0.332 e. The summed E-state index contributed by atoms with van der Waals surface area (Å²) >= 11 is 0. The lowest BCUT2D eigenvalue weighted by molar-refractivity contribution is -0.142. The second kappa shape index (κ2) is 12.5. The van der Waals surface area contributed by atoms with Crippen LogP contribution in [-0.4, -0.2) is 55.3 Å². The van der Waals surface area contributed by atoms with E-state index in [1.165, 1.54) is 34.5 Å². The first-order valence-electron chi connectivity index (χ1n) is 15.0. The number of fused-ring (bicyclic) bond motifs is 2. The normalized spacial score (nSPS) is 15.2. The Bertz CT molecular complexity index is 1850. The van der Waals surface area contributed by atoms with E-state index < -0.39 is 23.2 Å². The second-order valence-electron chi connectivity index (χ2n) is 11.5. The van der Waals surface area contributed by atoms with Crippen LogP contribution in [0.25, 0.3) is 11.2 Å². The maximum atomic E-state index is 14.4. The SMILES string of the molecule is COc1ccc([C@H](C(=O)NC2CCCCC2)N(Cc2ccc3c(c2)OCO3)C(=O)Cn2cnc3c2c(=O)n(C)c(=O)n3C)cc1. The van der Waals surface area contributed by atoms with Crippen molar-refractivity contribution in [2.75, 3.05) is 13.9 Å². The molecule has 13 heteroatoms. The molecule has 1 saturated carbocycles. The molecule has 0 saturated heterocycles. The summed E-state index contributed by atoms with van der Waals surface area (Å²) in [6.07, 6.45) is 6.31. The third-order valence-corrected chi connectivity index (χ3v) is 8.58. The van der Waals surface area contributed by atoms with Gasteiger partial charge >= 0.3 is 5.69 Å². The molecule has 2 aliphatic rings. The molecular formula is C32H36N6O7. The number of nitrogens with one attached hydrogen (secondary N) is 1. The highest BCUT2D eigenvalue weighted by Crippen LogP contribution is 2.34. The first kappa shape index (κ1) is 30.0. The Hall–Kier alpha value is -5.07. The summed E-state index contributed by atoms with van der Waals surface area (Å²) in [4.78, 5) is 60.0. The lowest BCUT2D eigenvalue weighted by atomic mass is 9.94. The number of aryl methyl sites for hydroxylation is 1. The lowest BCUT2D eigenvalue weighted by Gasteiger charge is -2.33. The van der Waals surface area contributed by atoms with Crippen molar-refractivity contribution < 1.29 is 23.8 Å². The molecule has 2 aromatic carbocycles. The van der Waals surface area contributed by atoms with E-state index in [9.17, 15) is 19.2 Å². The van der Waals surface area contributed by atoms with Crippen molar-refractivity contribution in [1.82, 2.24) is 28.9 Å². The van der Waals surface area contributed by atoms with Crippen LogP contribution in [-0.2, 0) is 36.8 Å². The predicted molar refractivity (Wildman–Crippen MR) is 164 cm³/mol. The predicted octanol–water partition coefficient (Wildman–Crippen LogP) is 2.39. The van der Waals surface area contributed by atoms with Gasteiger partial charge in [-0.05, 0) is 48.2 Å². The van der Waals surface area contributed by atoms with E-state index in [1.807, 2.05) is 6.07 Å². The summed E-state index contributed by atoms with van der Waals surface area (Å²) in [5.74, 6) is 1.05. The standard InChI is InChI=1S/C32H36N6O7/c1-35-29-28(31(41)36(2)32(35)42)37(18-33-29)17-26(39)38(16-20-9-14-24-25(15-20)45-19-44-24)27(21-10-12-23(43-3)13-11-21)30(40)34-22-7-5-4-6-8-22/h9-15,18,22,27H,4-8,16-17,19H2,1-3H3,(H,34,40)/t27-/m1/s1. The number of benzene rings is 2. The van der Waals surface area contributed by atoms with E-state index in [0.717, 1.165) is 42.2 Å². The molecule has 0 radical (unpaired) electrons. The van der Waals surface area contributed by atoms with Crippen LogP contribution >= 0.6 is 0 Å². The fourth-order valence-electron chi connectivity index (χ4n) is 6.10. The van der Waals surface area contributed by atoms with Crippen LogP contribution in [0.2, 0.25) is 0 Å². The molecular weight excluding hydrogens is 580 g/mol. The molecule has 3 heterocycles. The minimum atomic E-state index is -1.00. The molecule has 1 N–H and O–H groups in total. The second-order valence-corrected chi connectivity index (χ2v) is 11.5. The Kier molecular flexibility index (Phi) is 8.33. The van der Waals surface area contributed by atoms with Crippen molar-refractivity contribution in [2.45, 2.75) is 57.3 Å². The summed E-state index contributed by atoms with van der Waals surface area (Å²) < 4.78 is 20.1. The number of methoxy groups -OCH3 is 1. The van der Waals surface area contributed by atoms with Crippen LogP contribution in [0.3, 0.4) is 0 Å². The van der Waals surface area contributed by atoms with Crippen LogP contribution in [0.5, 0.6) is 17.2 Å². The number of hydrogen-bond acceptors (Lipinski definition) is 8. The summed E-state index contributed by atoms with van der Waals surface area (Å²) in [7, 11) is 4.46. The summed E-state index contributed by atoms with van der Waals surface area (Å²) in [6.45, 7) is -0.129. The van der Waals surface area contributed by atoms with E-state index in [-0.39, 0.29) is 43.0 Å². The molecule has 0 bridgehead atoms. The monoisotopic (exact) mass is 616 g/mol. The summed E-state index contributed by atoms with van der Waals surface area (Å²) in [5.41, 5.74) is 0.524. The number of aromatic nitrogens is 4. The summed E-state index contributed by atoms with van der Waals surface area (Å²) in [5, 5.41) is 3.21. The van der Waals surface area contributed by atoms with Gasteiger partial charge < -0.3 is 29.0 Å². The lowest BCUT2D eigenvalue weighted by Crippen LogP contribution is -2.47. The number of imidazole rings is 1. The van der Waals surface area contributed by atoms with E-state index >= 15 is 0 Å². The molecule has 1 aliphatic carbocycles. The van der Waals surface area contributed by atoms with Crippen LogP contribution in [0.15, 0.2) is 58.4 Å². The van der Waals surface area contributed by atoms with Crippen LogP contribution in [0.4, 0.5) is 0 Å². The van der Waals surface area contributed by atoms with Crippen molar-refractivity contribution >= 4 is 23.0 Å². The number of nitrogens with zero attached hydrogens (tertiary/aromatic N) is 5. The van der Waals surface area contributed by atoms with E-state index in [4.69, 9.17) is 14.2 Å². The number of amides is 2. The molecule has 0 spiro atoms. The van der Waals surface area contributed by atoms with Gasteiger partial charge in [0.2, 0.25) is 18.6 Å². The zero-order valence-corrected chi connectivity index (χ0v) is 25.5. The van der Waals surface area contributed by atoms with Gasteiger partial charge in [-0.3, -0.25) is 23.5 Å². The molecule has 2 amide bonds.